The molecular weight excluding hydrogens is 332 g/mol. The number of phenolic OH excluding ortho intramolecular Hbond substituents is 1. The number of phenols is 1. The number of aryl methyl sites for hydroxylation is 1. The summed E-state index contributed by atoms with van der Waals surface area (Å²) in [5.74, 6) is 0.402. The van der Waals surface area contributed by atoms with Crippen LogP contribution in [0, 0.1) is 17.0 Å². The number of aromatic hydroxyl groups is 1. The zero-order valence-corrected chi connectivity index (χ0v) is 16.4. The molecule has 2 aromatic rings. The third-order valence-electron chi connectivity index (χ3n) is 4.22. The van der Waals surface area contributed by atoms with Crippen LogP contribution in [0.25, 0.3) is 12.2 Å². The van der Waals surface area contributed by atoms with Crippen LogP contribution in [0.3, 0.4) is 0 Å². The highest BCUT2D eigenvalue weighted by molar-refractivity contribution is 5.73. The SMILES string of the molecule is Cc1noc(/C=C/c2cc(C(C)(C)C)c(O)c(C(C)(C)C)c2)c1[N+](=O)[O-]. The number of nitro groups is 1. The Morgan fingerprint density at radius 3 is 2.00 bits per heavy atom. The second-order valence-corrected chi connectivity index (χ2v) is 8.54. The predicted octanol–water partition coefficient (Wildman–Crippen LogP) is 5.36. The lowest BCUT2D eigenvalue weighted by atomic mass is 9.78. The van der Waals surface area contributed by atoms with E-state index >= 15 is 0 Å². The first-order valence-corrected chi connectivity index (χ1v) is 8.49. The van der Waals surface area contributed by atoms with E-state index in [4.69, 9.17) is 4.52 Å². The van der Waals surface area contributed by atoms with Gasteiger partial charge in [0.2, 0.25) is 5.76 Å². The lowest BCUT2D eigenvalue weighted by molar-refractivity contribution is -0.386. The fourth-order valence-electron chi connectivity index (χ4n) is 2.78. The molecule has 0 fully saturated rings. The van der Waals surface area contributed by atoms with Crippen molar-refractivity contribution >= 4 is 17.8 Å². The summed E-state index contributed by atoms with van der Waals surface area (Å²) in [5, 5.41) is 25.6. The number of hydrogen-bond donors (Lipinski definition) is 1. The summed E-state index contributed by atoms with van der Waals surface area (Å²) < 4.78 is 5.07. The van der Waals surface area contributed by atoms with Crippen LogP contribution in [0.2, 0.25) is 0 Å². The molecule has 26 heavy (non-hydrogen) atoms. The van der Waals surface area contributed by atoms with Gasteiger partial charge in [0.25, 0.3) is 0 Å². The number of benzene rings is 1. The Hall–Kier alpha value is -2.63. The molecule has 1 aromatic carbocycles. The van der Waals surface area contributed by atoms with Gasteiger partial charge in [-0.05, 0) is 41.5 Å². The highest BCUT2D eigenvalue weighted by atomic mass is 16.6. The Kier molecular flexibility index (Phi) is 4.99. The minimum absolute atomic E-state index is 0.107. The van der Waals surface area contributed by atoms with E-state index in [0.29, 0.717) is 5.75 Å². The van der Waals surface area contributed by atoms with Crippen molar-refractivity contribution in [2.24, 2.45) is 0 Å². The second-order valence-electron chi connectivity index (χ2n) is 8.54. The predicted molar refractivity (Wildman–Crippen MR) is 102 cm³/mol. The average molecular weight is 358 g/mol. The van der Waals surface area contributed by atoms with E-state index in [0.717, 1.165) is 16.7 Å². The molecule has 6 nitrogen and oxygen atoms in total. The van der Waals surface area contributed by atoms with Gasteiger partial charge in [-0.3, -0.25) is 10.1 Å². The van der Waals surface area contributed by atoms with Crippen LogP contribution in [-0.2, 0) is 10.8 Å². The Morgan fingerprint density at radius 1 is 1.08 bits per heavy atom. The average Bonchev–Trinajstić information content (AvgIpc) is 2.84. The number of nitrogens with zero attached hydrogens (tertiary/aromatic N) is 2. The van der Waals surface area contributed by atoms with Crippen molar-refractivity contribution in [2.75, 3.05) is 0 Å². The Bertz CT molecular complexity index is 830. The lowest BCUT2D eigenvalue weighted by Crippen LogP contribution is -2.17. The summed E-state index contributed by atoms with van der Waals surface area (Å²) in [5.41, 5.74) is 2.10. The molecule has 0 aliphatic rings. The van der Waals surface area contributed by atoms with Gasteiger partial charge in [-0.15, -0.1) is 0 Å². The largest absolute Gasteiger partial charge is 0.507 e. The van der Waals surface area contributed by atoms with Crippen molar-refractivity contribution in [1.82, 2.24) is 5.16 Å². The third kappa shape index (κ3) is 3.95. The molecule has 140 valence electrons. The molecule has 1 heterocycles. The summed E-state index contributed by atoms with van der Waals surface area (Å²) in [6, 6.07) is 3.80. The van der Waals surface area contributed by atoms with Crippen molar-refractivity contribution in [3.05, 3.63) is 50.4 Å². The first-order chi connectivity index (χ1) is 11.8. The molecule has 1 N–H and O–H groups in total. The van der Waals surface area contributed by atoms with Gasteiger partial charge >= 0.3 is 5.69 Å². The summed E-state index contributed by atoms with van der Waals surface area (Å²) in [4.78, 5) is 10.7. The maximum absolute atomic E-state index is 11.2. The summed E-state index contributed by atoms with van der Waals surface area (Å²) >= 11 is 0. The van der Waals surface area contributed by atoms with E-state index in [2.05, 4.69) is 5.16 Å². The quantitative estimate of drug-likeness (QED) is 0.589. The zero-order valence-electron chi connectivity index (χ0n) is 16.4. The molecule has 0 bridgehead atoms. The summed E-state index contributed by atoms with van der Waals surface area (Å²) in [6.07, 6.45) is 3.29. The van der Waals surface area contributed by atoms with Crippen LogP contribution < -0.4 is 0 Å². The van der Waals surface area contributed by atoms with Gasteiger partial charge in [-0.25, -0.2) is 0 Å². The standard InChI is InChI=1S/C20H26N2O4/c1-12-17(22(24)25)16(26-21-12)9-8-13-10-14(19(2,3)4)18(23)15(11-13)20(5,6)7/h8-11,23H,1-7H3/b9-8+. The maximum Gasteiger partial charge on any atom is 0.338 e. The number of hydrogen-bond acceptors (Lipinski definition) is 5. The van der Waals surface area contributed by atoms with E-state index in [1.165, 1.54) is 6.92 Å². The lowest BCUT2D eigenvalue weighted by Gasteiger charge is -2.27. The second kappa shape index (κ2) is 6.59. The van der Waals surface area contributed by atoms with Crippen molar-refractivity contribution in [3.63, 3.8) is 0 Å². The van der Waals surface area contributed by atoms with Crippen LogP contribution in [0.4, 0.5) is 5.69 Å². The van der Waals surface area contributed by atoms with Crippen LogP contribution in [0.15, 0.2) is 16.7 Å². The van der Waals surface area contributed by atoms with Gasteiger partial charge in [0.15, 0.2) is 5.69 Å². The molecule has 6 heteroatoms. The number of rotatable bonds is 3. The van der Waals surface area contributed by atoms with Gasteiger partial charge in [-0.1, -0.05) is 52.8 Å². The van der Waals surface area contributed by atoms with Gasteiger partial charge < -0.3 is 9.63 Å². The summed E-state index contributed by atoms with van der Waals surface area (Å²) in [6.45, 7) is 13.7. The van der Waals surface area contributed by atoms with E-state index in [1.807, 2.05) is 53.7 Å². The van der Waals surface area contributed by atoms with Crippen LogP contribution >= 0.6 is 0 Å². The molecule has 1 aromatic heterocycles. The first kappa shape index (κ1) is 19.7. The van der Waals surface area contributed by atoms with Crippen LogP contribution in [-0.4, -0.2) is 15.2 Å². The number of aromatic nitrogens is 1. The van der Waals surface area contributed by atoms with E-state index < -0.39 is 4.92 Å². The molecule has 0 aliphatic carbocycles. The Morgan fingerprint density at radius 2 is 1.58 bits per heavy atom. The van der Waals surface area contributed by atoms with Gasteiger partial charge in [0, 0.05) is 11.1 Å². The molecule has 0 spiro atoms. The maximum atomic E-state index is 11.2. The van der Waals surface area contributed by atoms with Crippen LogP contribution in [0.5, 0.6) is 5.75 Å². The van der Waals surface area contributed by atoms with E-state index in [9.17, 15) is 15.2 Å². The molecular formula is C20H26N2O4. The van der Waals surface area contributed by atoms with Gasteiger partial charge in [0.05, 0.1) is 4.92 Å². The van der Waals surface area contributed by atoms with E-state index in [-0.39, 0.29) is 28.0 Å². The minimum Gasteiger partial charge on any atom is -0.507 e. The smallest absolute Gasteiger partial charge is 0.338 e. The molecule has 0 atom stereocenters. The van der Waals surface area contributed by atoms with Gasteiger partial charge in [-0.2, -0.15) is 0 Å². The van der Waals surface area contributed by atoms with Crippen LogP contribution in [0.1, 0.15) is 69.7 Å². The van der Waals surface area contributed by atoms with Crippen molar-refractivity contribution in [2.45, 2.75) is 59.3 Å². The van der Waals surface area contributed by atoms with Gasteiger partial charge in [0.1, 0.15) is 5.75 Å². The Labute approximate surface area is 153 Å². The molecule has 0 unspecified atom stereocenters. The summed E-state index contributed by atoms with van der Waals surface area (Å²) in [7, 11) is 0. The highest BCUT2D eigenvalue weighted by Crippen LogP contribution is 2.40. The Balaban J connectivity index is 2.59. The molecule has 0 saturated carbocycles. The third-order valence-corrected chi connectivity index (χ3v) is 4.22. The van der Waals surface area contributed by atoms with Crippen molar-refractivity contribution in [3.8, 4) is 5.75 Å². The topological polar surface area (TPSA) is 89.4 Å². The highest BCUT2D eigenvalue weighted by Gasteiger charge is 2.26. The fourth-order valence-corrected chi connectivity index (χ4v) is 2.78. The molecule has 0 saturated heterocycles. The molecule has 0 amide bonds. The van der Waals surface area contributed by atoms with E-state index in [1.54, 1.807) is 12.2 Å². The normalized spacial score (nSPS) is 12.7. The minimum atomic E-state index is -0.497. The molecule has 0 radical (unpaired) electrons. The first-order valence-electron chi connectivity index (χ1n) is 8.49. The monoisotopic (exact) mass is 358 g/mol. The molecule has 0 aliphatic heterocycles. The van der Waals surface area contributed by atoms with Crippen molar-refractivity contribution in [1.29, 1.82) is 0 Å². The zero-order chi connectivity index (χ0) is 19.9. The van der Waals surface area contributed by atoms with Crippen molar-refractivity contribution < 1.29 is 14.6 Å². The molecule has 2 rings (SSSR count). The fraction of sp³-hybridized carbons (Fsp3) is 0.450.